The predicted octanol–water partition coefficient (Wildman–Crippen LogP) is 4.05. The van der Waals surface area contributed by atoms with Crippen LogP contribution in [0, 0.1) is 6.92 Å². The molecule has 4 rings (SSSR count). The summed E-state index contributed by atoms with van der Waals surface area (Å²) in [5.74, 6) is 0.541. The van der Waals surface area contributed by atoms with Crippen molar-refractivity contribution in [2.24, 2.45) is 0 Å². The van der Waals surface area contributed by atoms with Crippen LogP contribution in [0.25, 0.3) is 6.08 Å². The maximum atomic E-state index is 12.0. The lowest BCUT2D eigenvalue weighted by molar-refractivity contribution is -0.198. The van der Waals surface area contributed by atoms with E-state index in [2.05, 4.69) is 51.9 Å². The van der Waals surface area contributed by atoms with Gasteiger partial charge in [0.1, 0.15) is 5.82 Å². The summed E-state index contributed by atoms with van der Waals surface area (Å²) in [6, 6.07) is 13.1. The fraction of sp³-hybridized carbons (Fsp3) is 0.462. The number of pyridine rings is 1. The van der Waals surface area contributed by atoms with E-state index in [1.165, 1.54) is 23.6 Å². The first-order chi connectivity index (χ1) is 16.1. The Morgan fingerprint density at radius 2 is 2.06 bits per heavy atom. The fourth-order valence-electron chi connectivity index (χ4n) is 4.20. The van der Waals surface area contributed by atoms with Gasteiger partial charge in [-0.3, -0.25) is 9.69 Å². The van der Waals surface area contributed by atoms with E-state index in [-0.39, 0.29) is 12.2 Å². The zero-order chi connectivity index (χ0) is 22.9. The van der Waals surface area contributed by atoms with Crippen molar-refractivity contribution >= 4 is 17.8 Å². The van der Waals surface area contributed by atoms with Crippen molar-refractivity contribution in [2.45, 2.75) is 57.9 Å². The van der Waals surface area contributed by atoms with Gasteiger partial charge in [0.05, 0.1) is 0 Å². The number of hydrogen-bond donors (Lipinski definition) is 2. The number of aryl methyl sites for hydroxylation is 1. The van der Waals surface area contributed by atoms with Gasteiger partial charge in [0.25, 0.3) is 5.91 Å². The Morgan fingerprint density at radius 1 is 1.18 bits per heavy atom. The number of carbonyl (C=O) groups is 1. The van der Waals surface area contributed by atoms with Crippen molar-refractivity contribution in [3.8, 4) is 0 Å². The molecule has 2 aromatic rings. The number of ether oxygens (including phenoxy) is 1. The highest BCUT2D eigenvalue weighted by atomic mass is 16.8. The lowest BCUT2D eigenvalue weighted by Crippen LogP contribution is -2.41. The molecular weight excluding hydrogens is 416 g/mol. The molecule has 1 aromatic heterocycles. The molecule has 0 aliphatic carbocycles. The molecule has 2 aliphatic heterocycles. The number of amides is 1. The molecular formula is C26H34N4O3. The van der Waals surface area contributed by atoms with Crippen LogP contribution >= 0.6 is 0 Å². The van der Waals surface area contributed by atoms with Crippen LogP contribution in [0.15, 0.2) is 48.7 Å². The fourth-order valence-corrected chi connectivity index (χ4v) is 4.20. The number of piperidine rings is 1. The Labute approximate surface area is 196 Å². The zero-order valence-electron chi connectivity index (χ0n) is 19.3. The summed E-state index contributed by atoms with van der Waals surface area (Å²) in [6.45, 7) is 5.90. The highest BCUT2D eigenvalue weighted by Gasteiger charge is 2.20. The number of hydrogen-bond acceptors (Lipinski definition) is 6. The van der Waals surface area contributed by atoms with Gasteiger partial charge in [-0.05, 0) is 68.5 Å². The summed E-state index contributed by atoms with van der Waals surface area (Å²) in [5, 5.41) is 3.56. The summed E-state index contributed by atoms with van der Waals surface area (Å²) in [5.41, 5.74) is 5.93. The molecule has 2 saturated heterocycles. The largest absolute Gasteiger partial charge is 0.366 e. The van der Waals surface area contributed by atoms with E-state index in [0.29, 0.717) is 12.6 Å². The number of anilines is 1. The van der Waals surface area contributed by atoms with E-state index in [4.69, 9.17) is 9.57 Å². The van der Waals surface area contributed by atoms with Crippen LogP contribution in [-0.2, 0) is 20.9 Å². The van der Waals surface area contributed by atoms with Gasteiger partial charge in [0, 0.05) is 44.4 Å². The Bertz CT molecular complexity index is 908. The Balaban J connectivity index is 1.21. The first-order valence-corrected chi connectivity index (χ1v) is 11.9. The predicted molar refractivity (Wildman–Crippen MR) is 129 cm³/mol. The Hall–Kier alpha value is -2.74. The van der Waals surface area contributed by atoms with E-state index >= 15 is 0 Å². The first kappa shape index (κ1) is 23.4. The van der Waals surface area contributed by atoms with E-state index in [0.717, 1.165) is 56.7 Å². The topological polar surface area (TPSA) is 75.7 Å². The van der Waals surface area contributed by atoms with Crippen LogP contribution in [0.3, 0.4) is 0 Å². The second-order valence-corrected chi connectivity index (χ2v) is 8.89. The molecule has 176 valence electrons. The molecule has 7 nitrogen and oxygen atoms in total. The molecule has 33 heavy (non-hydrogen) atoms. The van der Waals surface area contributed by atoms with Crippen molar-refractivity contribution in [1.82, 2.24) is 15.4 Å². The number of aromatic nitrogens is 1. The molecule has 0 spiro atoms. The average Bonchev–Trinajstić information content (AvgIpc) is 2.85. The van der Waals surface area contributed by atoms with Crippen molar-refractivity contribution in [2.75, 3.05) is 25.0 Å². The number of benzene rings is 1. The van der Waals surface area contributed by atoms with Gasteiger partial charge in [-0.25, -0.2) is 15.3 Å². The highest BCUT2D eigenvalue weighted by molar-refractivity contribution is 5.90. The van der Waals surface area contributed by atoms with Gasteiger partial charge in [-0.15, -0.1) is 0 Å². The normalized spacial score (nSPS) is 21.7. The maximum absolute atomic E-state index is 12.0. The molecule has 2 atom stereocenters. The van der Waals surface area contributed by atoms with Gasteiger partial charge in [-0.1, -0.05) is 29.8 Å². The molecule has 1 amide bonds. The van der Waals surface area contributed by atoms with Crippen molar-refractivity contribution in [3.05, 3.63) is 65.4 Å². The number of carbonyl (C=O) groups excluding carboxylic acids is 1. The lowest BCUT2D eigenvalue weighted by Gasteiger charge is -2.33. The van der Waals surface area contributed by atoms with Crippen LogP contribution in [0.1, 0.15) is 48.8 Å². The molecule has 1 unspecified atom stereocenters. The Kier molecular flexibility index (Phi) is 8.47. The van der Waals surface area contributed by atoms with Crippen molar-refractivity contribution < 1.29 is 14.4 Å². The summed E-state index contributed by atoms with van der Waals surface area (Å²) < 4.78 is 5.43. The van der Waals surface area contributed by atoms with Crippen LogP contribution in [0.2, 0.25) is 0 Å². The van der Waals surface area contributed by atoms with Crippen molar-refractivity contribution in [1.29, 1.82) is 0 Å². The quantitative estimate of drug-likeness (QED) is 0.467. The minimum absolute atomic E-state index is 0.317. The number of likely N-dealkylation sites (tertiary alicyclic amines) is 1. The lowest BCUT2D eigenvalue weighted by atomic mass is 10.0. The van der Waals surface area contributed by atoms with E-state index in [1.54, 1.807) is 12.3 Å². The molecule has 1 aromatic carbocycles. The zero-order valence-corrected chi connectivity index (χ0v) is 19.3. The third-order valence-electron chi connectivity index (χ3n) is 6.03. The molecule has 7 heteroatoms. The Morgan fingerprint density at radius 3 is 2.82 bits per heavy atom. The summed E-state index contributed by atoms with van der Waals surface area (Å²) in [4.78, 5) is 24.3. The third-order valence-corrected chi connectivity index (χ3v) is 6.03. The smallest absolute Gasteiger partial charge is 0.267 e. The second kappa shape index (κ2) is 11.9. The summed E-state index contributed by atoms with van der Waals surface area (Å²) >= 11 is 0. The molecule has 0 bridgehead atoms. The van der Waals surface area contributed by atoms with Crippen LogP contribution < -0.4 is 10.8 Å². The first-order valence-electron chi connectivity index (χ1n) is 11.9. The third kappa shape index (κ3) is 7.67. The minimum atomic E-state index is -0.351. The van der Waals surface area contributed by atoms with Crippen LogP contribution in [0.5, 0.6) is 0 Å². The number of hydroxylamine groups is 1. The molecule has 2 aliphatic rings. The monoisotopic (exact) mass is 450 g/mol. The maximum Gasteiger partial charge on any atom is 0.267 e. The highest BCUT2D eigenvalue weighted by Crippen LogP contribution is 2.18. The van der Waals surface area contributed by atoms with Gasteiger partial charge >= 0.3 is 0 Å². The van der Waals surface area contributed by atoms with Gasteiger partial charge in [-0.2, -0.15) is 0 Å². The van der Waals surface area contributed by atoms with Gasteiger partial charge < -0.3 is 10.1 Å². The molecule has 0 saturated carbocycles. The molecule has 3 heterocycles. The van der Waals surface area contributed by atoms with E-state index in [9.17, 15) is 4.79 Å². The van der Waals surface area contributed by atoms with E-state index < -0.39 is 0 Å². The summed E-state index contributed by atoms with van der Waals surface area (Å²) in [6.07, 6.45) is 9.78. The SMILES string of the molecule is Cc1ccc(CN2CCC[C@@H](Nc3ccc(C=CC(=O)NOC4CCCCO4)cn3)C2)cc1. The van der Waals surface area contributed by atoms with Gasteiger partial charge in [0.15, 0.2) is 6.29 Å². The second-order valence-electron chi connectivity index (χ2n) is 8.89. The van der Waals surface area contributed by atoms with Crippen LogP contribution in [0.4, 0.5) is 5.82 Å². The van der Waals surface area contributed by atoms with E-state index in [1.807, 2.05) is 12.1 Å². The van der Waals surface area contributed by atoms with Crippen LogP contribution in [-0.4, -0.2) is 47.8 Å². The number of nitrogens with zero attached hydrogens (tertiary/aromatic N) is 2. The summed E-state index contributed by atoms with van der Waals surface area (Å²) in [7, 11) is 0. The standard InChI is InChI=1S/C26H34N4O3/c1-20-7-9-22(10-8-20)18-30-15-4-5-23(19-30)28-24-13-11-21(17-27-24)12-14-25(31)29-33-26-6-2-3-16-32-26/h7-14,17,23,26H,2-6,15-16,18-19H2,1H3,(H,27,28)(H,29,31)/t23-,26?/m1/s1. The van der Waals surface area contributed by atoms with Crippen molar-refractivity contribution in [3.63, 3.8) is 0 Å². The molecule has 2 N–H and O–H groups in total. The molecule has 2 fully saturated rings. The van der Waals surface area contributed by atoms with Gasteiger partial charge in [0.2, 0.25) is 0 Å². The number of nitrogens with one attached hydrogen (secondary N) is 2. The minimum Gasteiger partial charge on any atom is -0.366 e. The molecule has 0 radical (unpaired) electrons. The average molecular weight is 451 g/mol. The number of rotatable bonds is 8.